The number of rotatable bonds is 8. The molecule has 1 atom stereocenters. The van der Waals surface area contributed by atoms with E-state index in [4.69, 9.17) is 0 Å². The van der Waals surface area contributed by atoms with Crippen molar-refractivity contribution in [1.29, 1.82) is 0 Å². The second-order valence-corrected chi connectivity index (χ2v) is 9.28. The van der Waals surface area contributed by atoms with Gasteiger partial charge in [0.05, 0.1) is 0 Å². The second kappa shape index (κ2) is 10.2. The maximum atomic E-state index is 13.8. The van der Waals surface area contributed by atoms with Crippen LogP contribution >= 0.6 is 0 Å². The number of hydrogen-bond donors (Lipinski definition) is 1. The number of carbonyl (C=O) groups is 2. The molecule has 1 aliphatic carbocycles. The first-order valence-electron chi connectivity index (χ1n) is 11.3. The zero-order valence-corrected chi connectivity index (χ0v) is 19.7. The number of amides is 2. The summed E-state index contributed by atoms with van der Waals surface area (Å²) in [4.78, 5) is 29.6. The van der Waals surface area contributed by atoms with Crippen molar-refractivity contribution in [3.05, 3.63) is 59.4 Å². The van der Waals surface area contributed by atoms with Crippen LogP contribution in [0.2, 0.25) is 0 Å². The van der Waals surface area contributed by atoms with E-state index < -0.39 is 5.82 Å². The maximum absolute atomic E-state index is 13.8. The molecule has 6 heteroatoms. The topological polar surface area (TPSA) is 52.7 Å². The van der Waals surface area contributed by atoms with Gasteiger partial charge in [-0.3, -0.25) is 9.59 Å². The van der Waals surface area contributed by atoms with Crippen LogP contribution in [0.5, 0.6) is 0 Å². The van der Waals surface area contributed by atoms with Crippen molar-refractivity contribution < 1.29 is 14.0 Å². The summed E-state index contributed by atoms with van der Waals surface area (Å²) in [5, 5.41) is 3.03. The molecule has 2 amide bonds. The third-order valence-corrected chi connectivity index (χ3v) is 6.43. The van der Waals surface area contributed by atoms with Crippen LogP contribution in [-0.2, 0) is 11.3 Å². The van der Waals surface area contributed by atoms with Crippen LogP contribution in [0.3, 0.4) is 0 Å². The molecule has 172 valence electrons. The molecule has 0 saturated heterocycles. The van der Waals surface area contributed by atoms with E-state index in [9.17, 15) is 14.0 Å². The van der Waals surface area contributed by atoms with Crippen molar-refractivity contribution in [3.8, 4) is 0 Å². The van der Waals surface area contributed by atoms with E-state index in [0.29, 0.717) is 12.1 Å². The van der Waals surface area contributed by atoms with E-state index in [-0.39, 0.29) is 29.7 Å². The molecule has 0 aromatic heterocycles. The van der Waals surface area contributed by atoms with E-state index in [0.717, 1.165) is 36.2 Å². The van der Waals surface area contributed by atoms with Gasteiger partial charge in [-0.2, -0.15) is 0 Å². The van der Waals surface area contributed by atoms with Crippen molar-refractivity contribution in [2.24, 2.45) is 11.8 Å². The molecule has 3 rings (SSSR count). The average Bonchev–Trinajstić information content (AvgIpc) is 2.69. The summed E-state index contributed by atoms with van der Waals surface area (Å²) >= 11 is 0. The van der Waals surface area contributed by atoms with Crippen LogP contribution < -0.4 is 10.2 Å². The van der Waals surface area contributed by atoms with Crippen molar-refractivity contribution in [3.63, 3.8) is 0 Å². The summed E-state index contributed by atoms with van der Waals surface area (Å²) in [5.41, 5.74) is 2.97. The number of nitrogens with zero attached hydrogens (tertiary/aromatic N) is 2. The van der Waals surface area contributed by atoms with Crippen molar-refractivity contribution in [2.75, 3.05) is 24.3 Å². The second-order valence-electron chi connectivity index (χ2n) is 9.28. The molecule has 0 bridgehead atoms. The quantitative estimate of drug-likeness (QED) is 0.606. The molecule has 1 fully saturated rings. The Hall–Kier alpha value is -2.89. The number of hydrogen-bond acceptors (Lipinski definition) is 3. The Balaban J connectivity index is 1.93. The maximum Gasteiger partial charge on any atom is 0.254 e. The number of benzene rings is 2. The molecule has 1 aliphatic rings. The lowest BCUT2D eigenvalue weighted by Crippen LogP contribution is -2.41. The standard InChI is InChI=1S/C26H34FN3O2/c1-17(2)18(3)30(26(32)20-10-7-11-22(27)14-20)16-21-15-23(12-13-24(21)29(4)5)28-25(31)19-8-6-9-19/h7,10-15,17-19H,6,8-9,16H2,1-5H3,(H,28,31)/t18-/m1/s1. The van der Waals surface area contributed by atoms with Crippen LogP contribution in [0.4, 0.5) is 15.8 Å². The summed E-state index contributed by atoms with van der Waals surface area (Å²) < 4.78 is 13.8. The number of anilines is 2. The average molecular weight is 440 g/mol. The largest absolute Gasteiger partial charge is 0.377 e. The lowest BCUT2D eigenvalue weighted by molar-refractivity contribution is -0.122. The van der Waals surface area contributed by atoms with Gasteiger partial charge in [0.1, 0.15) is 5.82 Å². The van der Waals surface area contributed by atoms with Gasteiger partial charge < -0.3 is 15.1 Å². The van der Waals surface area contributed by atoms with E-state index in [1.807, 2.05) is 44.1 Å². The number of halogens is 1. The molecule has 0 spiro atoms. The van der Waals surface area contributed by atoms with Gasteiger partial charge in [-0.05, 0) is 67.6 Å². The van der Waals surface area contributed by atoms with Crippen LogP contribution in [0.1, 0.15) is 56.0 Å². The minimum Gasteiger partial charge on any atom is -0.377 e. The highest BCUT2D eigenvalue weighted by Gasteiger charge is 2.27. The fourth-order valence-electron chi connectivity index (χ4n) is 3.87. The van der Waals surface area contributed by atoms with Crippen molar-refractivity contribution >= 4 is 23.2 Å². The Morgan fingerprint density at radius 2 is 1.81 bits per heavy atom. The lowest BCUT2D eigenvalue weighted by Gasteiger charge is -2.33. The van der Waals surface area contributed by atoms with Gasteiger partial charge >= 0.3 is 0 Å². The molecule has 2 aromatic carbocycles. The number of nitrogens with one attached hydrogen (secondary N) is 1. The predicted octanol–water partition coefficient (Wildman–Crippen LogP) is 5.32. The lowest BCUT2D eigenvalue weighted by atomic mass is 9.85. The fraction of sp³-hybridized carbons (Fsp3) is 0.462. The highest BCUT2D eigenvalue weighted by molar-refractivity contribution is 5.95. The highest BCUT2D eigenvalue weighted by atomic mass is 19.1. The minimum atomic E-state index is -0.428. The van der Waals surface area contributed by atoms with Crippen LogP contribution in [0.25, 0.3) is 0 Å². The minimum absolute atomic E-state index is 0.0584. The fourth-order valence-corrected chi connectivity index (χ4v) is 3.87. The van der Waals surface area contributed by atoms with E-state index in [2.05, 4.69) is 19.2 Å². The Labute approximate surface area is 190 Å². The number of carbonyl (C=O) groups excluding carboxylic acids is 2. The van der Waals surface area contributed by atoms with Gasteiger partial charge in [-0.15, -0.1) is 0 Å². The van der Waals surface area contributed by atoms with Crippen molar-refractivity contribution in [1.82, 2.24) is 4.90 Å². The third-order valence-electron chi connectivity index (χ3n) is 6.43. The van der Waals surface area contributed by atoms with E-state index >= 15 is 0 Å². The molecular formula is C26H34FN3O2. The molecule has 1 saturated carbocycles. The highest BCUT2D eigenvalue weighted by Crippen LogP contribution is 2.30. The first kappa shape index (κ1) is 23.8. The zero-order valence-electron chi connectivity index (χ0n) is 19.7. The van der Waals surface area contributed by atoms with Crippen LogP contribution in [0, 0.1) is 17.7 Å². The summed E-state index contributed by atoms with van der Waals surface area (Å²) in [6, 6.07) is 11.6. The summed E-state index contributed by atoms with van der Waals surface area (Å²) in [6.07, 6.45) is 2.99. The smallest absolute Gasteiger partial charge is 0.254 e. The monoisotopic (exact) mass is 439 g/mol. The SMILES string of the molecule is CC(C)[C@@H](C)N(Cc1cc(NC(=O)C2CCC2)ccc1N(C)C)C(=O)c1cccc(F)c1. The van der Waals surface area contributed by atoms with Crippen LogP contribution in [0.15, 0.2) is 42.5 Å². The van der Waals surface area contributed by atoms with E-state index in [1.165, 1.54) is 12.1 Å². The normalized spacial score (nSPS) is 14.6. The molecule has 0 radical (unpaired) electrons. The predicted molar refractivity (Wildman–Crippen MR) is 127 cm³/mol. The summed E-state index contributed by atoms with van der Waals surface area (Å²) in [6.45, 7) is 6.51. The van der Waals surface area contributed by atoms with Gasteiger partial charge in [-0.25, -0.2) is 4.39 Å². The Bertz CT molecular complexity index is 969. The van der Waals surface area contributed by atoms with Gasteiger partial charge in [0.2, 0.25) is 5.91 Å². The van der Waals surface area contributed by atoms with Crippen molar-refractivity contribution in [2.45, 2.75) is 52.6 Å². The summed E-state index contributed by atoms with van der Waals surface area (Å²) in [5.74, 6) is -0.263. The zero-order chi connectivity index (χ0) is 23.4. The first-order chi connectivity index (χ1) is 15.2. The molecule has 1 N–H and O–H groups in total. The van der Waals surface area contributed by atoms with Gasteiger partial charge in [0.25, 0.3) is 5.91 Å². The molecule has 0 unspecified atom stereocenters. The van der Waals surface area contributed by atoms with Gasteiger partial charge in [-0.1, -0.05) is 26.3 Å². The Morgan fingerprint density at radius 3 is 2.38 bits per heavy atom. The molecule has 32 heavy (non-hydrogen) atoms. The first-order valence-corrected chi connectivity index (χ1v) is 11.3. The third kappa shape index (κ3) is 5.47. The van der Waals surface area contributed by atoms with Gasteiger partial charge in [0, 0.05) is 49.5 Å². The van der Waals surface area contributed by atoms with Crippen LogP contribution in [-0.4, -0.2) is 36.9 Å². The van der Waals surface area contributed by atoms with E-state index in [1.54, 1.807) is 17.0 Å². The molecule has 0 aliphatic heterocycles. The Kier molecular flexibility index (Phi) is 7.54. The Morgan fingerprint density at radius 1 is 1.09 bits per heavy atom. The molecular weight excluding hydrogens is 405 g/mol. The molecule has 5 nitrogen and oxygen atoms in total. The molecule has 2 aromatic rings. The molecule has 0 heterocycles. The summed E-state index contributed by atoms with van der Waals surface area (Å²) in [7, 11) is 3.91. The van der Waals surface area contributed by atoms with Gasteiger partial charge in [0.15, 0.2) is 0 Å².